The van der Waals surface area contributed by atoms with E-state index in [0.29, 0.717) is 11.8 Å². The van der Waals surface area contributed by atoms with Gasteiger partial charge in [0.1, 0.15) is 5.82 Å². The zero-order chi connectivity index (χ0) is 10.4. The lowest BCUT2D eigenvalue weighted by atomic mass is 10.2. The predicted molar refractivity (Wildman–Crippen MR) is 60.0 cm³/mol. The van der Waals surface area contributed by atoms with Gasteiger partial charge in [0.15, 0.2) is 0 Å². The van der Waals surface area contributed by atoms with E-state index in [2.05, 4.69) is 6.92 Å². The summed E-state index contributed by atoms with van der Waals surface area (Å²) in [5, 5.41) is 0.428. The van der Waals surface area contributed by atoms with Crippen LogP contribution in [0, 0.1) is 5.82 Å². The molecule has 0 aliphatic carbocycles. The van der Waals surface area contributed by atoms with Gasteiger partial charge in [-0.15, -0.1) is 11.8 Å². The molecule has 0 aromatic heterocycles. The summed E-state index contributed by atoms with van der Waals surface area (Å²) in [6.07, 6.45) is 1.96. The molecular formula is C11H16FNS. The van der Waals surface area contributed by atoms with Crippen molar-refractivity contribution >= 4 is 11.8 Å². The number of thioether (sulfide) groups is 1. The van der Waals surface area contributed by atoms with E-state index in [-0.39, 0.29) is 5.82 Å². The fraction of sp³-hybridized carbons (Fsp3) is 0.455. The summed E-state index contributed by atoms with van der Waals surface area (Å²) in [6.45, 7) is 2.77. The molecule has 14 heavy (non-hydrogen) atoms. The highest BCUT2D eigenvalue weighted by Gasteiger charge is 2.09. The molecule has 1 rings (SSSR count). The predicted octanol–water partition coefficient (Wildman–Crippen LogP) is 3.05. The van der Waals surface area contributed by atoms with E-state index in [1.165, 1.54) is 6.07 Å². The van der Waals surface area contributed by atoms with Crippen LogP contribution in [-0.2, 0) is 0 Å². The van der Waals surface area contributed by atoms with Crippen molar-refractivity contribution < 1.29 is 4.39 Å². The van der Waals surface area contributed by atoms with Crippen LogP contribution in [0.2, 0.25) is 0 Å². The first-order valence-electron chi connectivity index (χ1n) is 4.89. The molecule has 2 N–H and O–H groups in total. The van der Waals surface area contributed by atoms with Crippen LogP contribution in [-0.4, -0.2) is 11.8 Å². The van der Waals surface area contributed by atoms with Crippen LogP contribution in [0.5, 0.6) is 0 Å². The first-order chi connectivity index (χ1) is 6.77. The van der Waals surface area contributed by atoms with Crippen LogP contribution in [0.4, 0.5) is 4.39 Å². The van der Waals surface area contributed by atoms with E-state index in [4.69, 9.17) is 5.73 Å². The summed E-state index contributed by atoms with van der Waals surface area (Å²) >= 11 is 1.58. The third-order valence-electron chi connectivity index (χ3n) is 2.07. The highest BCUT2D eigenvalue weighted by molar-refractivity contribution is 8.00. The zero-order valence-electron chi connectivity index (χ0n) is 8.37. The van der Waals surface area contributed by atoms with Gasteiger partial charge in [-0.25, -0.2) is 4.39 Å². The summed E-state index contributed by atoms with van der Waals surface area (Å²) in [4.78, 5) is 0.729. The van der Waals surface area contributed by atoms with E-state index >= 15 is 0 Å². The molecule has 0 amide bonds. The van der Waals surface area contributed by atoms with Gasteiger partial charge in [-0.3, -0.25) is 0 Å². The van der Waals surface area contributed by atoms with Crippen molar-refractivity contribution in [2.75, 3.05) is 6.54 Å². The molecule has 1 unspecified atom stereocenters. The molecule has 0 radical (unpaired) electrons. The topological polar surface area (TPSA) is 26.0 Å². The Kier molecular flexibility index (Phi) is 4.98. The van der Waals surface area contributed by atoms with Crippen molar-refractivity contribution in [1.29, 1.82) is 0 Å². The molecule has 1 atom stereocenters. The Hall–Kier alpha value is -0.540. The SMILES string of the molecule is CCC(CCN)Sc1ccccc1F. The van der Waals surface area contributed by atoms with Crippen LogP contribution >= 0.6 is 11.8 Å². The third-order valence-corrected chi connectivity index (χ3v) is 3.56. The Bertz CT molecular complexity index is 278. The lowest BCUT2D eigenvalue weighted by Crippen LogP contribution is -2.09. The molecule has 0 heterocycles. The number of hydrogen-bond donors (Lipinski definition) is 1. The van der Waals surface area contributed by atoms with E-state index in [9.17, 15) is 4.39 Å². The van der Waals surface area contributed by atoms with Gasteiger partial charge >= 0.3 is 0 Å². The number of rotatable bonds is 5. The second-order valence-electron chi connectivity index (χ2n) is 3.16. The second-order valence-corrected chi connectivity index (χ2v) is 4.50. The zero-order valence-corrected chi connectivity index (χ0v) is 9.19. The van der Waals surface area contributed by atoms with Crippen LogP contribution in [0.1, 0.15) is 19.8 Å². The molecule has 3 heteroatoms. The van der Waals surface area contributed by atoms with E-state index < -0.39 is 0 Å². The van der Waals surface area contributed by atoms with Crippen molar-refractivity contribution in [3.63, 3.8) is 0 Å². The Morgan fingerprint density at radius 1 is 1.43 bits per heavy atom. The van der Waals surface area contributed by atoms with Crippen molar-refractivity contribution in [1.82, 2.24) is 0 Å². The third kappa shape index (κ3) is 3.31. The average molecular weight is 213 g/mol. The monoisotopic (exact) mass is 213 g/mol. The second kappa shape index (κ2) is 6.04. The van der Waals surface area contributed by atoms with Crippen molar-refractivity contribution in [2.45, 2.75) is 29.9 Å². The first-order valence-corrected chi connectivity index (χ1v) is 5.77. The number of benzene rings is 1. The fourth-order valence-corrected chi connectivity index (χ4v) is 2.37. The van der Waals surface area contributed by atoms with Gasteiger partial charge in [-0.05, 0) is 31.5 Å². The van der Waals surface area contributed by atoms with Crippen LogP contribution in [0.15, 0.2) is 29.2 Å². The maximum absolute atomic E-state index is 13.3. The summed E-state index contributed by atoms with van der Waals surface area (Å²) in [5.41, 5.74) is 5.49. The molecule has 0 spiro atoms. The Labute approximate surface area is 88.9 Å². The molecule has 1 aromatic rings. The largest absolute Gasteiger partial charge is 0.330 e. The highest BCUT2D eigenvalue weighted by atomic mass is 32.2. The molecule has 0 aliphatic rings. The average Bonchev–Trinajstić information content (AvgIpc) is 2.20. The molecule has 78 valence electrons. The van der Waals surface area contributed by atoms with E-state index in [0.717, 1.165) is 17.7 Å². The molecular weight excluding hydrogens is 197 g/mol. The van der Waals surface area contributed by atoms with Gasteiger partial charge in [-0.2, -0.15) is 0 Å². The maximum Gasteiger partial charge on any atom is 0.136 e. The Morgan fingerprint density at radius 2 is 2.14 bits per heavy atom. The summed E-state index contributed by atoms with van der Waals surface area (Å²) in [7, 11) is 0. The Morgan fingerprint density at radius 3 is 2.71 bits per heavy atom. The van der Waals surface area contributed by atoms with Gasteiger partial charge in [0.05, 0.1) is 0 Å². The molecule has 1 nitrogen and oxygen atoms in total. The van der Waals surface area contributed by atoms with Gasteiger partial charge in [0.25, 0.3) is 0 Å². The lowest BCUT2D eigenvalue weighted by molar-refractivity contribution is 0.600. The quantitative estimate of drug-likeness (QED) is 0.761. The summed E-state index contributed by atoms with van der Waals surface area (Å²) < 4.78 is 13.3. The van der Waals surface area contributed by atoms with Crippen molar-refractivity contribution in [3.05, 3.63) is 30.1 Å². The van der Waals surface area contributed by atoms with Gasteiger partial charge in [0, 0.05) is 10.1 Å². The molecule has 1 aromatic carbocycles. The standard InChI is InChI=1S/C11H16FNS/c1-2-9(7-8-13)14-11-6-4-3-5-10(11)12/h3-6,9H,2,7-8,13H2,1H3. The van der Waals surface area contributed by atoms with Crippen molar-refractivity contribution in [2.24, 2.45) is 5.73 Å². The summed E-state index contributed by atoms with van der Waals surface area (Å²) in [6, 6.07) is 6.89. The minimum Gasteiger partial charge on any atom is -0.330 e. The minimum atomic E-state index is -0.132. The van der Waals surface area contributed by atoms with E-state index in [1.807, 2.05) is 12.1 Å². The number of hydrogen-bond acceptors (Lipinski definition) is 2. The minimum absolute atomic E-state index is 0.132. The molecule has 0 saturated carbocycles. The van der Waals surface area contributed by atoms with Crippen LogP contribution in [0.3, 0.4) is 0 Å². The van der Waals surface area contributed by atoms with Crippen LogP contribution in [0.25, 0.3) is 0 Å². The molecule has 0 aliphatic heterocycles. The molecule has 0 fully saturated rings. The van der Waals surface area contributed by atoms with Gasteiger partial charge in [-0.1, -0.05) is 19.1 Å². The Balaban J connectivity index is 2.62. The maximum atomic E-state index is 13.3. The van der Waals surface area contributed by atoms with Crippen LogP contribution < -0.4 is 5.73 Å². The number of halogens is 1. The van der Waals surface area contributed by atoms with Crippen molar-refractivity contribution in [3.8, 4) is 0 Å². The fourth-order valence-electron chi connectivity index (χ4n) is 1.25. The smallest absolute Gasteiger partial charge is 0.136 e. The first kappa shape index (κ1) is 11.5. The highest BCUT2D eigenvalue weighted by Crippen LogP contribution is 2.28. The summed E-state index contributed by atoms with van der Waals surface area (Å²) in [5.74, 6) is -0.132. The number of nitrogens with two attached hydrogens (primary N) is 1. The van der Waals surface area contributed by atoms with Gasteiger partial charge in [0.2, 0.25) is 0 Å². The van der Waals surface area contributed by atoms with Gasteiger partial charge < -0.3 is 5.73 Å². The normalized spacial score (nSPS) is 12.8. The van der Waals surface area contributed by atoms with E-state index in [1.54, 1.807) is 17.8 Å². The lowest BCUT2D eigenvalue weighted by Gasteiger charge is -2.13. The molecule has 0 bridgehead atoms. The molecule has 0 saturated heterocycles.